The second kappa shape index (κ2) is 8.86. The number of hydrogen-bond acceptors (Lipinski definition) is 6. The number of rotatable bonds is 7. The summed E-state index contributed by atoms with van der Waals surface area (Å²) in [5, 5.41) is 0. The third-order valence-electron chi connectivity index (χ3n) is 2.20. The Hall–Kier alpha value is -0.450. The van der Waals surface area contributed by atoms with E-state index in [4.69, 9.17) is 14.2 Å². The molecule has 0 aliphatic rings. The largest absolute Gasteiger partial charge is 0.463 e. The minimum absolute atomic E-state index is 0.00623. The maximum atomic E-state index is 10.9. The molecule has 0 bridgehead atoms. The van der Waals surface area contributed by atoms with Crippen molar-refractivity contribution in [1.29, 1.82) is 0 Å². The van der Waals surface area contributed by atoms with E-state index in [0.717, 1.165) is 0 Å². The van der Waals surface area contributed by atoms with Gasteiger partial charge in [0.1, 0.15) is 35.3 Å². The molecule has 10 heteroatoms. The molecule has 1 rings (SSSR count). The van der Waals surface area contributed by atoms with Crippen LogP contribution in [0.1, 0.15) is 13.8 Å². The van der Waals surface area contributed by atoms with Gasteiger partial charge in [0.2, 0.25) is 0 Å². The van der Waals surface area contributed by atoms with Gasteiger partial charge in [-0.3, -0.25) is 14.2 Å². The molecule has 0 aromatic carbocycles. The number of halogens is 3. The third kappa shape index (κ3) is 6.45. The van der Waals surface area contributed by atoms with E-state index in [0.29, 0.717) is 13.9 Å². The molecular formula is C11H13Br3N2O5. The standard InChI is InChI=1S/C11H13Br3N2O5/c1-6(17)19-3-8(4-20-7(2)18)21-5-16-10(13)9(12)15-11(16)14/h8H,3-5H2,1-2H3. The van der Waals surface area contributed by atoms with Gasteiger partial charge >= 0.3 is 11.9 Å². The maximum absolute atomic E-state index is 10.9. The zero-order chi connectivity index (χ0) is 16.0. The first-order valence-electron chi connectivity index (χ1n) is 5.76. The van der Waals surface area contributed by atoms with Crippen molar-refractivity contribution in [1.82, 2.24) is 9.55 Å². The van der Waals surface area contributed by atoms with Gasteiger partial charge in [0.15, 0.2) is 4.73 Å². The lowest BCUT2D eigenvalue weighted by Crippen LogP contribution is -2.28. The molecule has 0 radical (unpaired) electrons. The van der Waals surface area contributed by atoms with Crippen molar-refractivity contribution in [3.63, 3.8) is 0 Å². The molecule has 0 atom stereocenters. The first kappa shape index (κ1) is 18.6. The van der Waals surface area contributed by atoms with Crippen molar-refractivity contribution in [3.05, 3.63) is 13.9 Å². The lowest BCUT2D eigenvalue weighted by molar-refractivity contribution is -0.154. The molecule has 118 valence electrons. The van der Waals surface area contributed by atoms with E-state index in [1.54, 1.807) is 4.57 Å². The Balaban J connectivity index is 2.62. The summed E-state index contributed by atoms with van der Waals surface area (Å²) in [5.74, 6) is -0.863. The molecule has 0 spiro atoms. The first-order valence-corrected chi connectivity index (χ1v) is 8.14. The first-order chi connectivity index (χ1) is 9.81. The second-order valence-electron chi connectivity index (χ2n) is 3.91. The summed E-state index contributed by atoms with van der Waals surface area (Å²) in [6.45, 7) is 2.71. The van der Waals surface area contributed by atoms with E-state index in [9.17, 15) is 9.59 Å². The zero-order valence-electron chi connectivity index (χ0n) is 11.3. The Morgan fingerprint density at radius 2 is 1.67 bits per heavy atom. The molecule has 0 unspecified atom stereocenters. The molecule has 21 heavy (non-hydrogen) atoms. The smallest absolute Gasteiger partial charge is 0.302 e. The van der Waals surface area contributed by atoms with Gasteiger partial charge in [0.05, 0.1) is 0 Å². The number of imidazole rings is 1. The van der Waals surface area contributed by atoms with Crippen molar-refractivity contribution < 1.29 is 23.8 Å². The van der Waals surface area contributed by atoms with E-state index < -0.39 is 18.0 Å². The molecule has 7 nitrogen and oxygen atoms in total. The second-order valence-corrected chi connectivity index (χ2v) is 6.12. The minimum atomic E-state index is -0.572. The fourth-order valence-electron chi connectivity index (χ4n) is 1.23. The van der Waals surface area contributed by atoms with Crippen LogP contribution in [0.3, 0.4) is 0 Å². The number of carbonyl (C=O) groups is 2. The molecular weight excluding hydrogens is 480 g/mol. The van der Waals surface area contributed by atoms with Crippen molar-refractivity contribution in [2.75, 3.05) is 13.2 Å². The van der Waals surface area contributed by atoms with E-state index >= 15 is 0 Å². The molecule has 1 aromatic rings. The number of carbonyl (C=O) groups excluding carboxylic acids is 2. The van der Waals surface area contributed by atoms with Gasteiger partial charge in [-0.2, -0.15) is 0 Å². The Bertz CT molecular complexity index is 502. The number of ether oxygens (including phenoxy) is 3. The Morgan fingerprint density at radius 3 is 2.05 bits per heavy atom. The van der Waals surface area contributed by atoms with Crippen LogP contribution in [0.25, 0.3) is 0 Å². The molecule has 0 saturated carbocycles. The van der Waals surface area contributed by atoms with Crippen LogP contribution in [0.15, 0.2) is 13.9 Å². The SMILES string of the molecule is CC(=O)OCC(COC(C)=O)OCn1c(Br)nc(Br)c1Br. The van der Waals surface area contributed by atoms with Gasteiger partial charge in [-0.1, -0.05) is 0 Å². The molecule has 0 amide bonds. The van der Waals surface area contributed by atoms with Crippen LogP contribution >= 0.6 is 47.8 Å². The Kier molecular flexibility index (Phi) is 7.85. The van der Waals surface area contributed by atoms with Gasteiger partial charge in [-0.15, -0.1) is 0 Å². The Morgan fingerprint density at radius 1 is 1.14 bits per heavy atom. The maximum Gasteiger partial charge on any atom is 0.302 e. The highest BCUT2D eigenvalue weighted by Gasteiger charge is 2.17. The molecule has 0 aliphatic heterocycles. The van der Waals surface area contributed by atoms with Crippen LogP contribution in [0.2, 0.25) is 0 Å². The summed E-state index contributed by atoms with van der Waals surface area (Å²) in [5.41, 5.74) is 0. The van der Waals surface area contributed by atoms with Gasteiger partial charge in [-0.25, -0.2) is 4.98 Å². The predicted molar refractivity (Wildman–Crippen MR) is 83.5 cm³/mol. The highest BCUT2D eigenvalue weighted by molar-refractivity contribution is 9.13. The summed E-state index contributed by atoms with van der Waals surface area (Å²) in [7, 11) is 0. The van der Waals surface area contributed by atoms with Crippen LogP contribution < -0.4 is 0 Å². The molecule has 0 aliphatic carbocycles. The third-order valence-corrected chi connectivity index (χ3v) is 4.70. The molecule has 1 heterocycles. The topological polar surface area (TPSA) is 79.6 Å². The summed E-state index contributed by atoms with van der Waals surface area (Å²) in [4.78, 5) is 25.8. The fraction of sp³-hybridized carbons (Fsp3) is 0.545. The zero-order valence-corrected chi connectivity index (χ0v) is 16.0. The van der Waals surface area contributed by atoms with Crippen LogP contribution in [-0.4, -0.2) is 40.8 Å². The highest BCUT2D eigenvalue weighted by Crippen LogP contribution is 2.26. The highest BCUT2D eigenvalue weighted by atomic mass is 79.9. The number of hydrogen-bond donors (Lipinski definition) is 0. The molecule has 0 fully saturated rings. The molecule has 1 aromatic heterocycles. The summed E-state index contributed by atoms with van der Waals surface area (Å²) >= 11 is 9.90. The summed E-state index contributed by atoms with van der Waals surface area (Å²) in [6.07, 6.45) is -0.572. The van der Waals surface area contributed by atoms with Crippen molar-refractivity contribution in [2.45, 2.75) is 26.7 Å². The Labute approximate surface area is 146 Å². The van der Waals surface area contributed by atoms with E-state index in [-0.39, 0.29) is 19.9 Å². The van der Waals surface area contributed by atoms with Crippen LogP contribution in [0.4, 0.5) is 0 Å². The van der Waals surface area contributed by atoms with Gasteiger partial charge in [0, 0.05) is 13.8 Å². The fourth-order valence-corrected chi connectivity index (χ4v) is 2.91. The lowest BCUT2D eigenvalue weighted by Gasteiger charge is -2.18. The lowest BCUT2D eigenvalue weighted by atomic mass is 10.4. The van der Waals surface area contributed by atoms with Crippen molar-refractivity contribution in [3.8, 4) is 0 Å². The average Bonchev–Trinajstić information content (AvgIpc) is 2.63. The number of nitrogens with zero attached hydrogens (tertiary/aromatic N) is 2. The van der Waals surface area contributed by atoms with Gasteiger partial charge in [0.25, 0.3) is 0 Å². The number of aromatic nitrogens is 2. The quantitative estimate of drug-likeness (QED) is 0.544. The number of esters is 2. The van der Waals surface area contributed by atoms with Gasteiger partial charge in [-0.05, 0) is 47.8 Å². The van der Waals surface area contributed by atoms with E-state index in [1.165, 1.54) is 13.8 Å². The summed E-state index contributed by atoms with van der Waals surface area (Å²) < 4.78 is 18.9. The van der Waals surface area contributed by atoms with Crippen LogP contribution in [0, 0.1) is 0 Å². The molecule has 0 N–H and O–H groups in total. The van der Waals surface area contributed by atoms with Gasteiger partial charge < -0.3 is 14.2 Å². The summed E-state index contributed by atoms with van der Waals surface area (Å²) in [6, 6.07) is 0. The monoisotopic (exact) mass is 490 g/mol. The van der Waals surface area contributed by atoms with E-state index in [2.05, 4.69) is 52.8 Å². The van der Waals surface area contributed by atoms with E-state index in [1.807, 2.05) is 0 Å². The van der Waals surface area contributed by atoms with Crippen molar-refractivity contribution in [2.24, 2.45) is 0 Å². The van der Waals surface area contributed by atoms with Crippen LogP contribution in [0.5, 0.6) is 0 Å². The average molecular weight is 493 g/mol. The molecule has 0 saturated heterocycles. The minimum Gasteiger partial charge on any atom is -0.463 e. The van der Waals surface area contributed by atoms with Crippen LogP contribution in [-0.2, 0) is 30.5 Å². The normalized spacial score (nSPS) is 10.8. The predicted octanol–water partition coefficient (Wildman–Crippen LogP) is 2.64. The van der Waals surface area contributed by atoms with Crippen molar-refractivity contribution >= 4 is 59.7 Å².